The molecule has 3 nitrogen and oxygen atoms in total. The van der Waals surface area contributed by atoms with E-state index in [0.29, 0.717) is 0 Å². The monoisotopic (exact) mass is 217 g/mol. The summed E-state index contributed by atoms with van der Waals surface area (Å²) in [6.07, 6.45) is 2.17. The molecule has 0 bridgehead atoms. The van der Waals surface area contributed by atoms with Gasteiger partial charge in [0.1, 0.15) is 5.82 Å². The zero-order chi connectivity index (χ0) is 11.5. The van der Waals surface area contributed by atoms with Crippen LogP contribution in [-0.2, 0) is 13.0 Å². The quantitative estimate of drug-likeness (QED) is 0.851. The molecule has 0 saturated heterocycles. The van der Waals surface area contributed by atoms with Gasteiger partial charge in [0.2, 0.25) is 0 Å². The minimum atomic E-state index is 0.830. The van der Waals surface area contributed by atoms with Crippen molar-refractivity contribution in [1.82, 2.24) is 14.7 Å². The van der Waals surface area contributed by atoms with Crippen LogP contribution in [0.3, 0.4) is 0 Å². The topological polar surface area (TPSA) is 29.3 Å². The van der Waals surface area contributed by atoms with E-state index in [4.69, 9.17) is 4.98 Å². The number of aryl methyl sites for hydroxylation is 2. The van der Waals surface area contributed by atoms with Gasteiger partial charge in [0.15, 0.2) is 0 Å². The number of imidazole rings is 1. The van der Waals surface area contributed by atoms with Crippen molar-refractivity contribution in [1.29, 1.82) is 0 Å². The van der Waals surface area contributed by atoms with Crippen LogP contribution in [0.1, 0.15) is 30.6 Å². The third-order valence-electron chi connectivity index (χ3n) is 2.82. The van der Waals surface area contributed by atoms with Crippen molar-refractivity contribution in [3.63, 3.8) is 0 Å². The highest BCUT2D eigenvalue weighted by Crippen LogP contribution is 2.16. The first-order valence-electron chi connectivity index (χ1n) is 5.88. The molecule has 0 spiro atoms. The molecular weight excluding hydrogens is 198 g/mol. The van der Waals surface area contributed by atoms with Gasteiger partial charge < -0.3 is 9.72 Å². The van der Waals surface area contributed by atoms with Crippen LogP contribution in [0.4, 0.5) is 0 Å². The Morgan fingerprint density at radius 1 is 1.38 bits per heavy atom. The Kier molecular flexibility index (Phi) is 3.25. The first-order chi connectivity index (χ1) is 7.77. The van der Waals surface area contributed by atoms with Crippen LogP contribution < -0.4 is 5.32 Å². The van der Waals surface area contributed by atoms with E-state index in [1.54, 1.807) is 0 Å². The fourth-order valence-electron chi connectivity index (χ4n) is 2.14. The van der Waals surface area contributed by atoms with E-state index in [9.17, 15) is 0 Å². The molecule has 86 valence electrons. The number of hydrogen-bond donors (Lipinski definition) is 1. The summed E-state index contributed by atoms with van der Waals surface area (Å²) in [5.41, 5.74) is 3.64. The number of nitrogens with zero attached hydrogens (tertiary/aromatic N) is 2. The summed E-state index contributed by atoms with van der Waals surface area (Å²) in [5.74, 6) is 1.18. The minimum absolute atomic E-state index is 0.830. The van der Waals surface area contributed by atoms with Gasteiger partial charge in [-0.1, -0.05) is 13.0 Å². The van der Waals surface area contributed by atoms with E-state index in [0.717, 1.165) is 25.1 Å². The fourth-order valence-corrected chi connectivity index (χ4v) is 2.14. The van der Waals surface area contributed by atoms with Crippen molar-refractivity contribution >= 4 is 5.52 Å². The standard InChI is InChI=1S/C13H19N3/c1-4-6-13-15-11(9-14-3)12-8-5-7-10(2)16(12)13/h5,7-8,14H,4,6,9H2,1-3H3. The van der Waals surface area contributed by atoms with Gasteiger partial charge >= 0.3 is 0 Å². The highest BCUT2D eigenvalue weighted by molar-refractivity contribution is 5.54. The molecule has 3 heteroatoms. The highest BCUT2D eigenvalue weighted by Gasteiger charge is 2.10. The summed E-state index contributed by atoms with van der Waals surface area (Å²) in [6.45, 7) is 5.16. The van der Waals surface area contributed by atoms with Crippen LogP contribution in [-0.4, -0.2) is 16.4 Å². The molecule has 0 amide bonds. The van der Waals surface area contributed by atoms with Crippen molar-refractivity contribution in [2.75, 3.05) is 7.05 Å². The number of pyridine rings is 1. The Morgan fingerprint density at radius 2 is 2.19 bits per heavy atom. The molecule has 2 aromatic rings. The molecule has 2 aromatic heterocycles. The van der Waals surface area contributed by atoms with Crippen LogP contribution in [0.25, 0.3) is 5.52 Å². The van der Waals surface area contributed by atoms with Gasteiger partial charge in [0, 0.05) is 18.7 Å². The summed E-state index contributed by atoms with van der Waals surface area (Å²) in [5, 5.41) is 3.18. The van der Waals surface area contributed by atoms with Crippen LogP contribution >= 0.6 is 0 Å². The van der Waals surface area contributed by atoms with Gasteiger partial charge in [-0.05, 0) is 32.5 Å². The molecule has 16 heavy (non-hydrogen) atoms. The SMILES string of the molecule is CCCc1nc(CNC)c2cccc(C)n12. The molecule has 0 radical (unpaired) electrons. The number of fused-ring (bicyclic) bond motifs is 1. The summed E-state index contributed by atoms with van der Waals surface area (Å²) in [7, 11) is 1.96. The molecule has 0 aliphatic carbocycles. The summed E-state index contributed by atoms with van der Waals surface area (Å²) in [6, 6.07) is 6.38. The Labute approximate surface area is 96.5 Å². The molecule has 2 rings (SSSR count). The van der Waals surface area contributed by atoms with E-state index >= 15 is 0 Å². The maximum Gasteiger partial charge on any atom is 0.113 e. The van der Waals surface area contributed by atoms with E-state index in [2.05, 4.69) is 41.8 Å². The van der Waals surface area contributed by atoms with E-state index in [-0.39, 0.29) is 0 Å². The lowest BCUT2D eigenvalue weighted by atomic mass is 10.3. The molecule has 0 fully saturated rings. The number of hydrogen-bond acceptors (Lipinski definition) is 2. The maximum atomic E-state index is 4.73. The second kappa shape index (κ2) is 4.66. The van der Waals surface area contributed by atoms with Crippen LogP contribution in [0.5, 0.6) is 0 Å². The molecule has 2 heterocycles. The Bertz CT molecular complexity index is 485. The molecule has 0 atom stereocenters. The van der Waals surface area contributed by atoms with Crippen molar-refractivity contribution in [2.24, 2.45) is 0 Å². The molecule has 1 N–H and O–H groups in total. The summed E-state index contributed by atoms with van der Waals surface area (Å²) in [4.78, 5) is 4.73. The third-order valence-corrected chi connectivity index (χ3v) is 2.82. The highest BCUT2D eigenvalue weighted by atomic mass is 15.0. The van der Waals surface area contributed by atoms with Gasteiger partial charge in [-0.15, -0.1) is 0 Å². The van der Waals surface area contributed by atoms with E-state index < -0.39 is 0 Å². The van der Waals surface area contributed by atoms with Crippen molar-refractivity contribution in [3.8, 4) is 0 Å². The average molecular weight is 217 g/mol. The Morgan fingerprint density at radius 3 is 2.88 bits per heavy atom. The van der Waals surface area contributed by atoms with E-state index in [1.807, 2.05) is 7.05 Å². The third kappa shape index (κ3) is 1.83. The lowest BCUT2D eigenvalue weighted by molar-refractivity contribution is 0.782. The Balaban J connectivity index is 2.61. The van der Waals surface area contributed by atoms with Crippen molar-refractivity contribution in [3.05, 3.63) is 35.4 Å². The van der Waals surface area contributed by atoms with Crippen LogP contribution in [0, 0.1) is 6.92 Å². The smallest absolute Gasteiger partial charge is 0.113 e. The lowest BCUT2D eigenvalue weighted by Crippen LogP contribution is -2.05. The second-order valence-corrected chi connectivity index (χ2v) is 4.14. The van der Waals surface area contributed by atoms with E-state index in [1.165, 1.54) is 17.0 Å². The molecule has 0 saturated carbocycles. The molecule has 0 aliphatic rings. The first kappa shape index (κ1) is 11.1. The number of nitrogens with one attached hydrogen (secondary N) is 1. The van der Waals surface area contributed by atoms with Crippen LogP contribution in [0.15, 0.2) is 18.2 Å². The predicted molar refractivity (Wildman–Crippen MR) is 66.7 cm³/mol. The maximum absolute atomic E-state index is 4.73. The zero-order valence-electron chi connectivity index (χ0n) is 10.2. The molecular formula is C13H19N3. The largest absolute Gasteiger partial charge is 0.314 e. The summed E-state index contributed by atoms with van der Waals surface area (Å²) < 4.78 is 2.27. The predicted octanol–water partition coefficient (Wildman–Crippen LogP) is 2.31. The van der Waals surface area contributed by atoms with Crippen LogP contribution in [0.2, 0.25) is 0 Å². The lowest BCUT2D eigenvalue weighted by Gasteiger charge is -2.03. The number of aromatic nitrogens is 2. The first-order valence-corrected chi connectivity index (χ1v) is 5.88. The average Bonchev–Trinajstić information content (AvgIpc) is 2.60. The number of rotatable bonds is 4. The minimum Gasteiger partial charge on any atom is -0.314 e. The van der Waals surface area contributed by atoms with Gasteiger partial charge in [-0.25, -0.2) is 4.98 Å². The van der Waals surface area contributed by atoms with Gasteiger partial charge in [0.25, 0.3) is 0 Å². The molecule has 0 aliphatic heterocycles. The Hall–Kier alpha value is -1.35. The van der Waals surface area contributed by atoms with Gasteiger partial charge in [-0.2, -0.15) is 0 Å². The molecule has 0 aromatic carbocycles. The molecule has 0 unspecified atom stereocenters. The van der Waals surface area contributed by atoms with Gasteiger partial charge in [-0.3, -0.25) is 0 Å². The normalized spacial score (nSPS) is 11.2. The summed E-state index contributed by atoms with van der Waals surface area (Å²) >= 11 is 0. The second-order valence-electron chi connectivity index (χ2n) is 4.14. The zero-order valence-corrected chi connectivity index (χ0v) is 10.2. The van der Waals surface area contributed by atoms with Crippen molar-refractivity contribution in [2.45, 2.75) is 33.2 Å². The van der Waals surface area contributed by atoms with Crippen molar-refractivity contribution < 1.29 is 0 Å². The fraction of sp³-hybridized carbons (Fsp3) is 0.462. The van der Waals surface area contributed by atoms with Gasteiger partial charge in [0.05, 0.1) is 11.2 Å².